The summed E-state index contributed by atoms with van der Waals surface area (Å²) in [5.41, 5.74) is 2.67. The number of pyridine rings is 1. The first kappa shape index (κ1) is 24.1. The van der Waals surface area contributed by atoms with E-state index in [1.165, 1.54) is 22.4 Å². The molecular formula is C26H23N7O3S. The largest absolute Gasteiger partial charge is 0.442 e. The van der Waals surface area contributed by atoms with Crippen LogP contribution >= 0.6 is 11.5 Å². The monoisotopic (exact) mass is 513 g/mol. The minimum absolute atomic E-state index is 0.246. The van der Waals surface area contributed by atoms with Crippen molar-refractivity contribution in [3.05, 3.63) is 78.8 Å². The molecule has 186 valence electrons. The zero-order chi connectivity index (χ0) is 26.0. The normalized spacial score (nSPS) is 11.3. The SMILES string of the molecule is CC(C)(C)OC(=O)n1ncc2cc(Nc3nc(-c4cccc(NC(=O)c5cccnc5)c4)ns3)ccc21. The van der Waals surface area contributed by atoms with Crippen molar-refractivity contribution in [1.29, 1.82) is 0 Å². The van der Waals surface area contributed by atoms with Crippen LogP contribution < -0.4 is 10.6 Å². The number of fused-ring (bicyclic) bond motifs is 1. The third-order valence-corrected chi connectivity index (χ3v) is 5.74. The van der Waals surface area contributed by atoms with Gasteiger partial charge in [0.05, 0.1) is 17.3 Å². The number of hydrogen-bond acceptors (Lipinski definition) is 9. The number of nitrogens with zero attached hydrogens (tertiary/aromatic N) is 5. The minimum atomic E-state index is -0.614. The van der Waals surface area contributed by atoms with Gasteiger partial charge in [0, 0.05) is 46.3 Å². The van der Waals surface area contributed by atoms with Crippen LogP contribution in [0.15, 0.2) is 73.2 Å². The maximum Gasteiger partial charge on any atom is 0.435 e. The third kappa shape index (κ3) is 5.62. The van der Waals surface area contributed by atoms with Crippen molar-refractivity contribution < 1.29 is 14.3 Å². The van der Waals surface area contributed by atoms with Gasteiger partial charge in [0.15, 0.2) is 5.82 Å². The molecule has 5 rings (SSSR count). The molecule has 10 nitrogen and oxygen atoms in total. The van der Waals surface area contributed by atoms with Gasteiger partial charge in [-0.15, -0.1) is 0 Å². The first-order valence-corrected chi connectivity index (χ1v) is 12.2. The summed E-state index contributed by atoms with van der Waals surface area (Å²) >= 11 is 1.21. The van der Waals surface area contributed by atoms with E-state index in [1.807, 2.05) is 51.1 Å². The van der Waals surface area contributed by atoms with Crippen molar-refractivity contribution in [2.24, 2.45) is 0 Å². The zero-order valence-corrected chi connectivity index (χ0v) is 21.1. The summed E-state index contributed by atoms with van der Waals surface area (Å²) in [6, 6.07) is 16.2. The molecule has 3 heterocycles. The van der Waals surface area contributed by atoms with E-state index >= 15 is 0 Å². The molecule has 37 heavy (non-hydrogen) atoms. The van der Waals surface area contributed by atoms with E-state index in [0.717, 1.165) is 16.6 Å². The molecule has 0 unspecified atom stereocenters. The van der Waals surface area contributed by atoms with Crippen LogP contribution in [0.5, 0.6) is 0 Å². The Labute approximate surface area is 216 Å². The first-order valence-electron chi connectivity index (χ1n) is 11.4. The molecule has 2 N–H and O–H groups in total. The summed E-state index contributed by atoms with van der Waals surface area (Å²) < 4.78 is 11.1. The fourth-order valence-corrected chi connectivity index (χ4v) is 4.12. The summed E-state index contributed by atoms with van der Waals surface area (Å²) in [5.74, 6) is 0.285. The van der Waals surface area contributed by atoms with Crippen LogP contribution in [0.25, 0.3) is 22.3 Å². The van der Waals surface area contributed by atoms with Gasteiger partial charge in [-0.25, -0.2) is 4.79 Å². The average molecular weight is 514 g/mol. The number of amides is 1. The molecule has 0 saturated heterocycles. The lowest BCUT2D eigenvalue weighted by atomic mass is 10.2. The molecule has 5 aromatic rings. The number of carbonyl (C=O) groups is 2. The summed E-state index contributed by atoms with van der Waals surface area (Å²) in [5, 5.41) is 11.7. The minimum Gasteiger partial charge on any atom is -0.442 e. The molecule has 0 aliphatic heterocycles. The number of rotatable bonds is 5. The lowest BCUT2D eigenvalue weighted by molar-refractivity contribution is 0.0522. The van der Waals surface area contributed by atoms with Gasteiger partial charge in [-0.1, -0.05) is 12.1 Å². The smallest absolute Gasteiger partial charge is 0.435 e. The lowest BCUT2D eigenvalue weighted by Gasteiger charge is -2.19. The highest BCUT2D eigenvalue weighted by Gasteiger charge is 2.20. The first-order chi connectivity index (χ1) is 17.7. The maximum atomic E-state index is 12.4. The molecular weight excluding hydrogens is 490 g/mol. The average Bonchev–Trinajstić information content (AvgIpc) is 3.51. The second-order valence-corrected chi connectivity index (χ2v) is 9.89. The second kappa shape index (κ2) is 9.78. The Morgan fingerprint density at radius 1 is 1.00 bits per heavy atom. The molecule has 11 heteroatoms. The standard InChI is InChI=1S/C26H23N7O3S/c1-26(2,3)36-25(35)33-21-10-9-20(13-18(21)15-28-33)30-24-31-22(32-37-24)16-6-4-8-19(12-16)29-23(34)17-7-5-11-27-14-17/h4-15H,1-3H3,(H,29,34)(H,30,31,32). The van der Waals surface area contributed by atoms with E-state index in [9.17, 15) is 9.59 Å². The Hall–Kier alpha value is -4.64. The summed E-state index contributed by atoms with van der Waals surface area (Å²) in [6.07, 6.45) is 4.21. The topological polar surface area (TPSA) is 124 Å². The number of hydrogen-bond donors (Lipinski definition) is 2. The molecule has 2 aromatic carbocycles. The number of anilines is 3. The Morgan fingerprint density at radius 2 is 1.86 bits per heavy atom. The van der Waals surface area contributed by atoms with Gasteiger partial charge in [0.25, 0.3) is 5.91 Å². The summed E-state index contributed by atoms with van der Waals surface area (Å²) in [4.78, 5) is 33.4. The molecule has 0 fully saturated rings. The van der Waals surface area contributed by atoms with E-state index in [2.05, 4.69) is 30.1 Å². The van der Waals surface area contributed by atoms with E-state index in [4.69, 9.17) is 4.74 Å². The van der Waals surface area contributed by atoms with E-state index in [1.54, 1.807) is 36.7 Å². The molecule has 0 atom stereocenters. The van der Waals surface area contributed by atoms with Gasteiger partial charge >= 0.3 is 6.09 Å². The van der Waals surface area contributed by atoms with Gasteiger partial charge in [-0.3, -0.25) is 9.78 Å². The predicted octanol–water partition coefficient (Wildman–Crippen LogP) is 5.73. The maximum absolute atomic E-state index is 12.4. The van der Waals surface area contributed by atoms with Crippen LogP contribution in [-0.4, -0.2) is 41.7 Å². The number of aromatic nitrogens is 5. The highest BCUT2D eigenvalue weighted by atomic mass is 32.1. The Morgan fingerprint density at radius 3 is 2.65 bits per heavy atom. The Bertz CT molecular complexity index is 1590. The van der Waals surface area contributed by atoms with E-state index < -0.39 is 11.7 Å². The van der Waals surface area contributed by atoms with Crippen molar-refractivity contribution in [3.63, 3.8) is 0 Å². The Balaban J connectivity index is 1.29. The summed E-state index contributed by atoms with van der Waals surface area (Å²) in [6.45, 7) is 5.43. The predicted molar refractivity (Wildman–Crippen MR) is 142 cm³/mol. The fourth-order valence-electron chi connectivity index (χ4n) is 3.51. The van der Waals surface area contributed by atoms with Crippen molar-refractivity contribution >= 4 is 50.9 Å². The number of carbonyl (C=O) groups excluding carboxylic acids is 2. The molecule has 0 radical (unpaired) electrons. The van der Waals surface area contributed by atoms with Crippen LogP contribution in [0.4, 0.5) is 21.3 Å². The lowest BCUT2D eigenvalue weighted by Crippen LogP contribution is -2.27. The van der Waals surface area contributed by atoms with Crippen LogP contribution in [0.2, 0.25) is 0 Å². The molecule has 0 spiro atoms. The van der Waals surface area contributed by atoms with Gasteiger partial charge in [-0.05, 0) is 63.2 Å². The van der Waals surface area contributed by atoms with Gasteiger partial charge in [0.2, 0.25) is 5.13 Å². The Kier molecular flexibility index (Phi) is 6.36. The van der Waals surface area contributed by atoms with Crippen molar-refractivity contribution in [2.75, 3.05) is 10.6 Å². The zero-order valence-electron chi connectivity index (χ0n) is 20.3. The van der Waals surface area contributed by atoms with Crippen molar-refractivity contribution in [1.82, 2.24) is 24.1 Å². The molecule has 1 amide bonds. The highest BCUT2D eigenvalue weighted by Crippen LogP contribution is 2.27. The molecule has 0 aliphatic carbocycles. The third-order valence-electron chi connectivity index (χ3n) is 5.11. The van der Waals surface area contributed by atoms with Crippen molar-refractivity contribution in [2.45, 2.75) is 26.4 Å². The van der Waals surface area contributed by atoms with E-state index in [0.29, 0.717) is 27.7 Å². The van der Waals surface area contributed by atoms with Crippen LogP contribution in [0, 0.1) is 0 Å². The number of ether oxygens (including phenoxy) is 1. The van der Waals surface area contributed by atoms with Crippen molar-refractivity contribution in [3.8, 4) is 11.4 Å². The molecule has 0 aliphatic rings. The number of nitrogens with one attached hydrogen (secondary N) is 2. The second-order valence-electron chi connectivity index (χ2n) is 9.14. The van der Waals surface area contributed by atoms with Gasteiger partial charge in [-0.2, -0.15) is 19.1 Å². The van der Waals surface area contributed by atoms with Crippen LogP contribution in [0.3, 0.4) is 0 Å². The fraction of sp³-hybridized carbons (Fsp3) is 0.154. The molecule has 0 bridgehead atoms. The van der Waals surface area contributed by atoms with Gasteiger partial charge < -0.3 is 15.4 Å². The number of benzene rings is 2. The molecule has 3 aromatic heterocycles. The highest BCUT2D eigenvalue weighted by molar-refractivity contribution is 7.09. The molecule has 0 saturated carbocycles. The van der Waals surface area contributed by atoms with Crippen LogP contribution in [0.1, 0.15) is 31.1 Å². The summed E-state index contributed by atoms with van der Waals surface area (Å²) in [7, 11) is 0. The quantitative estimate of drug-likeness (QED) is 0.305. The van der Waals surface area contributed by atoms with E-state index in [-0.39, 0.29) is 5.91 Å². The van der Waals surface area contributed by atoms with Crippen LogP contribution in [-0.2, 0) is 4.74 Å². The van der Waals surface area contributed by atoms with Gasteiger partial charge in [0.1, 0.15) is 5.60 Å².